The van der Waals surface area contributed by atoms with Crippen molar-refractivity contribution in [3.63, 3.8) is 0 Å². The molecule has 0 saturated heterocycles. The predicted molar refractivity (Wildman–Crippen MR) is 87.4 cm³/mol. The Morgan fingerprint density at radius 1 is 1.05 bits per heavy atom. The van der Waals surface area contributed by atoms with Crippen LogP contribution in [-0.4, -0.2) is 4.98 Å². The number of para-hydroxylation sites is 1. The third kappa shape index (κ3) is 2.77. The summed E-state index contributed by atoms with van der Waals surface area (Å²) in [6.45, 7) is 2.29. The van der Waals surface area contributed by atoms with Gasteiger partial charge < -0.3 is 4.98 Å². The number of hydrogen-bond donors (Lipinski definition) is 1. The van der Waals surface area contributed by atoms with E-state index in [-0.39, 0.29) is 0 Å². The van der Waals surface area contributed by atoms with Gasteiger partial charge in [-0.15, -0.1) is 0 Å². The van der Waals surface area contributed by atoms with E-state index in [1.54, 1.807) is 5.56 Å². The highest BCUT2D eigenvalue weighted by Crippen LogP contribution is 2.41. The molecule has 0 spiro atoms. The van der Waals surface area contributed by atoms with E-state index in [9.17, 15) is 0 Å². The quantitative estimate of drug-likeness (QED) is 0.598. The topological polar surface area (TPSA) is 15.8 Å². The highest BCUT2D eigenvalue weighted by molar-refractivity contribution is 5.85. The first kappa shape index (κ1) is 13.7. The van der Waals surface area contributed by atoms with E-state index in [4.69, 9.17) is 0 Å². The molecule has 1 aliphatic carbocycles. The van der Waals surface area contributed by atoms with Gasteiger partial charge in [0.15, 0.2) is 0 Å². The van der Waals surface area contributed by atoms with E-state index in [0.717, 1.165) is 5.92 Å². The fourth-order valence-corrected chi connectivity index (χ4v) is 3.81. The maximum atomic E-state index is 3.62. The first-order valence-corrected chi connectivity index (χ1v) is 8.49. The lowest BCUT2D eigenvalue weighted by Gasteiger charge is -2.11. The van der Waals surface area contributed by atoms with Crippen LogP contribution in [-0.2, 0) is 6.42 Å². The SMILES string of the molecule is CCCCCCCCC1CCc2[nH]c3ccccc3c21. The van der Waals surface area contributed by atoms with Crippen LogP contribution < -0.4 is 0 Å². The Balaban J connectivity index is 1.58. The highest BCUT2D eigenvalue weighted by atomic mass is 14.7. The van der Waals surface area contributed by atoms with Gasteiger partial charge in [-0.1, -0.05) is 63.6 Å². The molecule has 0 radical (unpaired) electrons. The van der Waals surface area contributed by atoms with Crippen LogP contribution in [0.25, 0.3) is 10.9 Å². The second-order valence-corrected chi connectivity index (χ2v) is 6.35. The summed E-state index contributed by atoms with van der Waals surface area (Å²) >= 11 is 0. The maximum absolute atomic E-state index is 3.62. The van der Waals surface area contributed by atoms with Gasteiger partial charge in [0.05, 0.1) is 0 Å². The molecule has 1 N–H and O–H groups in total. The van der Waals surface area contributed by atoms with Crippen LogP contribution in [0.4, 0.5) is 0 Å². The fourth-order valence-electron chi connectivity index (χ4n) is 3.81. The number of aryl methyl sites for hydroxylation is 1. The van der Waals surface area contributed by atoms with Crippen LogP contribution in [0.1, 0.15) is 75.5 Å². The number of aromatic nitrogens is 1. The molecular weight excluding hydrogens is 242 g/mol. The molecule has 1 heterocycles. The van der Waals surface area contributed by atoms with Crippen molar-refractivity contribution in [2.45, 2.75) is 70.6 Å². The molecule has 0 bridgehead atoms. The Bertz CT molecular complexity index is 552. The number of fused-ring (bicyclic) bond motifs is 3. The van der Waals surface area contributed by atoms with Crippen molar-refractivity contribution in [3.8, 4) is 0 Å². The molecule has 0 saturated carbocycles. The molecule has 2 aromatic rings. The summed E-state index contributed by atoms with van der Waals surface area (Å²) in [4.78, 5) is 3.62. The number of benzene rings is 1. The molecule has 0 fully saturated rings. The molecule has 1 aliphatic rings. The Morgan fingerprint density at radius 3 is 2.75 bits per heavy atom. The van der Waals surface area contributed by atoms with Gasteiger partial charge in [-0.05, 0) is 36.8 Å². The van der Waals surface area contributed by atoms with Gasteiger partial charge in [-0.3, -0.25) is 0 Å². The molecule has 0 aliphatic heterocycles. The first-order valence-electron chi connectivity index (χ1n) is 8.49. The van der Waals surface area contributed by atoms with E-state index in [2.05, 4.69) is 36.2 Å². The van der Waals surface area contributed by atoms with E-state index in [1.807, 2.05) is 0 Å². The number of nitrogens with one attached hydrogen (secondary N) is 1. The predicted octanol–water partition coefficient (Wildman–Crippen LogP) is 5.95. The smallest absolute Gasteiger partial charge is 0.0459 e. The lowest BCUT2D eigenvalue weighted by Crippen LogP contribution is -1.93. The Kier molecular flexibility index (Phi) is 4.44. The second kappa shape index (κ2) is 6.47. The van der Waals surface area contributed by atoms with Crippen molar-refractivity contribution in [1.82, 2.24) is 4.98 Å². The lowest BCUT2D eigenvalue weighted by atomic mass is 9.93. The normalized spacial score (nSPS) is 17.8. The molecule has 20 heavy (non-hydrogen) atoms. The van der Waals surface area contributed by atoms with Gasteiger partial charge in [0.2, 0.25) is 0 Å². The highest BCUT2D eigenvalue weighted by Gasteiger charge is 2.25. The summed E-state index contributed by atoms with van der Waals surface area (Å²) in [6, 6.07) is 8.83. The molecule has 3 rings (SSSR count). The van der Waals surface area contributed by atoms with Crippen molar-refractivity contribution in [2.24, 2.45) is 0 Å². The van der Waals surface area contributed by atoms with Gasteiger partial charge in [-0.2, -0.15) is 0 Å². The summed E-state index contributed by atoms with van der Waals surface area (Å²) in [5, 5.41) is 1.48. The van der Waals surface area contributed by atoms with Gasteiger partial charge in [0.1, 0.15) is 0 Å². The van der Waals surface area contributed by atoms with Crippen LogP contribution in [0.2, 0.25) is 0 Å². The van der Waals surface area contributed by atoms with E-state index < -0.39 is 0 Å². The zero-order valence-corrected chi connectivity index (χ0v) is 12.8. The van der Waals surface area contributed by atoms with Crippen molar-refractivity contribution >= 4 is 10.9 Å². The summed E-state index contributed by atoms with van der Waals surface area (Å²) in [5.74, 6) is 0.812. The van der Waals surface area contributed by atoms with Crippen molar-refractivity contribution in [1.29, 1.82) is 0 Å². The average molecular weight is 269 g/mol. The lowest BCUT2D eigenvalue weighted by molar-refractivity contribution is 0.537. The second-order valence-electron chi connectivity index (χ2n) is 6.35. The molecule has 1 atom stereocenters. The molecule has 1 nitrogen and oxygen atoms in total. The van der Waals surface area contributed by atoms with Crippen LogP contribution in [0, 0.1) is 0 Å². The van der Waals surface area contributed by atoms with Crippen LogP contribution >= 0.6 is 0 Å². The zero-order chi connectivity index (χ0) is 13.8. The molecule has 1 heteroatoms. The fraction of sp³-hybridized carbons (Fsp3) is 0.579. The number of hydrogen-bond acceptors (Lipinski definition) is 0. The van der Waals surface area contributed by atoms with Crippen molar-refractivity contribution in [2.75, 3.05) is 0 Å². The minimum absolute atomic E-state index is 0.812. The largest absolute Gasteiger partial charge is 0.358 e. The summed E-state index contributed by atoms with van der Waals surface area (Å²) < 4.78 is 0. The minimum Gasteiger partial charge on any atom is -0.358 e. The van der Waals surface area contributed by atoms with E-state index >= 15 is 0 Å². The first-order chi connectivity index (χ1) is 9.90. The van der Waals surface area contributed by atoms with Gasteiger partial charge in [0.25, 0.3) is 0 Å². The maximum Gasteiger partial charge on any atom is 0.0459 e. The number of unbranched alkanes of at least 4 members (excludes halogenated alkanes) is 5. The number of H-pyrrole nitrogens is 1. The number of aromatic amines is 1. The van der Waals surface area contributed by atoms with Crippen molar-refractivity contribution in [3.05, 3.63) is 35.5 Å². The van der Waals surface area contributed by atoms with Gasteiger partial charge >= 0.3 is 0 Å². The number of rotatable bonds is 7. The minimum atomic E-state index is 0.812. The molecular formula is C19H27N. The monoisotopic (exact) mass is 269 g/mol. The Hall–Kier alpha value is -1.24. The molecule has 108 valence electrons. The van der Waals surface area contributed by atoms with Gasteiger partial charge in [0, 0.05) is 16.6 Å². The van der Waals surface area contributed by atoms with Crippen LogP contribution in [0.3, 0.4) is 0 Å². The standard InChI is InChI=1S/C19H27N/c1-2-3-4-5-6-7-10-15-13-14-18-19(15)16-11-8-9-12-17(16)20-18/h8-9,11-12,15,20H,2-7,10,13-14H2,1H3. The third-order valence-electron chi connectivity index (χ3n) is 4.89. The van der Waals surface area contributed by atoms with Crippen LogP contribution in [0.15, 0.2) is 24.3 Å². The van der Waals surface area contributed by atoms with Gasteiger partial charge in [-0.25, -0.2) is 0 Å². The Morgan fingerprint density at radius 2 is 1.85 bits per heavy atom. The summed E-state index contributed by atoms with van der Waals surface area (Å²) in [6.07, 6.45) is 12.5. The zero-order valence-electron chi connectivity index (χ0n) is 12.8. The summed E-state index contributed by atoms with van der Waals surface area (Å²) in [5.41, 5.74) is 4.50. The van der Waals surface area contributed by atoms with E-state index in [0.29, 0.717) is 0 Å². The third-order valence-corrected chi connectivity index (χ3v) is 4.89. The molecule has 1 unspecified atom stereocenters. The molecule has 0 amide bonds. The van der Waals surface area contributed by atoms with E-state index in [1.165, 1.54) is 74.4 Å². The van der Waals surface area contributed by atoms with Crippen molar-refractivity contribution < 1.29 is 0 Å². The Labute approximate surface area is 122 Å². The molecule has 1 aromatic carbocycles. The van der Waals surface area contributed by atoms with Crippen LogP contribution in [0.5, 0.6) is 0 Å². The molecule has 1 aromatic heterocycles. The summed E-state index contributed by atoms with van der Waals surface area (Å²) in [7, 11) is 0. The average Bonchev–Trinajstić information content (AvgIpc) is 3.02.